The molecule has 110 valence electrons. The average Bonchev–Trinajstić information content (AvgIpc) is 2.82. The first-order chi connectivity index (χ1) is 9.12. The zero-order valence-corrected chi connectivity index (χ0v) is 13.0. The maximum absolute atomic E-state index is 11.8. The molecule has 2 saturated carbocycles. The Bertz CT molecular complexity index is 276. The molecule has 2 fully saturated rings. The zero-order chi connectivity index (χ0) is 13.8. The average molecular weight is 264 g/mol. The van der Waals surface area contributed by atoms with Crippen LogP contribution in [0, 0.1) is 16.7 Å². The summed E-state index contributed by atoms with van der Waals surface area (Å²) in [5, 5.41) is 0. The molecule has 2 rings (SSSR count). The second-order valence-corrected chi connectivity index (χ2v) is 7.60. The third-order valence-corrected chi connectivity index (χ3v) is 6.21. The predicted molar refractivity (Wildman–Crippen MR) is 81.2 cm³/mol. The van der Waals surface area contributed by atoms with E-state index in [0.29, 0.717) is 5.41 Å². The first kappa shape index (κ1) is 15.1. The van der Waals surface area contributed by atoms with Crippen molar-refractivity contribution in [3.63, 3.8) is 0 Å². The van der Waals surface area contributed by atoms with Gasteiger partial charge in [0.05, 0.1) is 0 Å². The molecule has 0 atom stereocenters. The van der Waals surface area contributed by atoms with Crippen molar-refractivity contribution in [2.45, 2.75) is 90.9 Å². The van der Waals surface area contributed by atoms with E-state index in [2.05, 4.69) is 13.8 Å². The summed E-state index contributed by atoms with van der Waals surface area (Å²) in [6.07, 6.45) is 17.7. The summed E-state index contributed by atoms with van der Waals surface area (Å²) in [7, 11) is 0. The lowest BCUT2D eigenvalue weighted by Crippen LogP contribution is -2.44. The second-order valence-electron chi connectivity index (χ2n) is 7.60. The molecule has 0 aromatic rings. The van der Waals surface area contributed by atoms with Gasteiger partial charge in [-0.2, -0.15) is 0 Å². The minimum atomic E-state index is -0.133. The molecule has 0 aliphatic heterocycles. The van der Waals surface area contributed by atoms with Crippen LogP contribution in [0.2, 0.25) is 0 Å². The van der Waals surface area contributed by atoms with Crippen LogP contribution in [0.3, 0.4) is 0 Å². The molecule has 1 heteroatoms. The van der Waals surface area contributed by atoms with E-state index in [0.717, 1.165) is 5.92 Å². The number of aldehydes is 1. The Hall–Kier alpha value is -0.330. The Kier molecular flexibility index (Phi) is 5.09. The lowest BCUT2D eigenvalue weighted by molar-refractivity contribution is -0.126. The van der Waals surface area contributed by atoms with Crippen LogP contribution < -0.4 is 0 Å². The van der Waals surface area contributed by atoms with Gasteiger partial charge in [-0.05, 0) is 37.0 Å². The van der Waals surface area contributed by atoms with E-state index in [4.69, 9.17) is 0 Å². The van der Waals surface area contributed by atoms with Crippen molar-refractivity contribution in [3.05, 3.63) is 0 Å². The second kappa shape index (κ2) is 6.41. The number of carbonyl (C=O) groups is 1. The molecule has 0 amide bonds. The fourth-order valence-corrected chi connectivity index (χ4v) is 4.89. The molecule has 0 N–H and O–H groups in total. The molecule has 2 aliphatic rings. The van der Waals surface area contributed by atoms with Crippen molar-refractivity contribution in [2.24, 2.45) is 16.7 Å². The van der Waals surface area contributed by atoms with Gasteiger partial charge in [-0.1, -0.05) is 65.2 Å². The van der Waals surface area contributed by atoms with E-state index in [-0.39, 0.29) is 5.41 Å². The third kappa shape index (κ3) is 3.06. The van der Waals surface area contributed by atoms with Crippen molar-refractivity contribution < 1.29 is 4.79 Å². The molecule has 0 radical (unpaired) electrons. The topological polar surface area (TPSA) is 17.1 Å². The van der Waals surface area contributed by atoms with E-state index in [1.807, 2.05) is 0 Å². The van der Waals surface area contributed by atoms with Crippen LogP contribution in [0.5, 0.6) is 0 Å². The molecule has 0 unspecified atom stereocenters. The fraction of sp³-hybridized carbons (Fsp3) is 0.944. The number of hydrogen-bond acceptors (Lipinski definition) is 1. The highest BCUT2D eigenvalue weighted by molar-refractivity contribution is 5.60. The van der Waals surface area contributed by atoms with Gasteiger partial charge in [-0.3, -0.25) is 0 Å². The molecule has 0 saturated heterocycles. The minimum Gasteiger partial charge on any atom is -0.303 e. The molecule has 0 spiro atoms. The van der Waals surface area contributed by atoms with Crippen molar-refractivity contribution in [1.82, 2.24) is 0 Å². The maximum atomic E-state index is 11.8. The van der Waals surface area contributed by atoms with Crippen LogP contribution in [0.4, 0.5) is 0 Å². The quantitative estimate of drug-likeness (QED) is 0.484. The van der Waals surface area contributed by atoms with Gasteiger partial charge in [0.2, 0.25) is 0 Å². The molecule has 0 aromatic heterocycles. The number of hydrogen-bond donors (Lipinski definition) is 0. The Morgan fingerprint density at radius 2 is 1.32 bits per heavy atom. The minimum absolute atomic E-state index is 0.133. The molecular formula is C18H32O. The number of rotatable bonds is 3. The van der Waals surface area contributed by atoms with Crippen LogP contribution in [0.1, 0.15) is 90.9 Å². The predicted octanol–water partition coefficient (Wildman–Crippen LogP) is 5.52. The highest BCUT2D eigenvalue weighted by Gasteiger charge is 2.49. The summed E-state index contributed by atoms with van der Waals surface area (Å²) >= 11 is 0. The van der Waals surface area contributed by atoms with Gasteiger partial charge < -0.3 is 4.79 Å². The van der Waals surface area contributed by atoms with Gasteiger partial charge in [-0.25, -0.2) is 0 Å². The van der Waals surface area contributed by atoms with Gasteiger partial charge in [0, 0.05) is 5.41 Å². The molecule has 0 aromatic carbocycles. The van der Waals surface area contributed by atoms with Crippen LogP contribution in [0.15, 0.2) is 0 Å². The van der Waals surface area contributed by atoms with Crippen LogP contribution in [-0.4, -0.2) is 6.29 Å². The van der Waals surface area contributed by atoms with Crippen LogP contribution in [0.25, 0.3) is 0 Å². The van der Waals surface area contributed by atoms with Gasteiger partial charge >= 0.3 is 0 Å². The van der Waals surface area contributed by atoms with Gasteiger partial charge in [0.25, 0.3) is 0 Å². The highest BCUT2D eigenvalue weighted by Crippen LogP contribution is 2.56. The summed E-state index contributed by atoms with van der Waals surface area (Å²) in [5.41, 5.74) is 0.169. The highest BCUT2D eigenvalue weighted by atomic mass is 16.1. The number of carbonyl (C=O) groups excluding carboxylic acids is 1. The molecule has 0 bridgehead atoms. The molecule has 2 aliphatic carbocycles. The largest absolute Gasteiger partial charge is 0.303 e. The van der Waals surface area contributed by atoms with Crippen molar-refractivity contribution in [1.29, 1.82) is 0 Å². The van der Waals surface area contributed by atoms with Gasteiger partial charge in [0.15, 0.2) is 0 Å². The summed E-state index contributed by atoms with van der Waals surface area (Å²) in [4.78, 5) is 11.8. The van der Waals surface area contributed by atoms with E-state index < -0.39 is 0 Å². The normalized spacial score (nSPS) is 26.4. The lowest BCUT2D eigenvalue weighted by atomic mass is 9.54. The first-order valence-corrected chi connectivity index (χ1v) is 8.59. The maximum Gasteiger partial charge on any atom is 0.126 e. The van der Waals surface area contributed by atoms with E-state index >= 15 is 0 Å². The van der Waals surface area contributed by atoms with Crippen LogP contribution in [-0.2, 0) is 4.79 Å². The standard InChI is InChI=1S/C18H32O/c1-17(2,15-19)18(13-9-5-6-10-14-18)16-11-7-3-4-8-12-16/h15-16H,3-14H2,1-2H3. The van der Waals surface area contributed by atoms with Crippen molar-refractivity contribution in [2.75, 3.05) is 0 Å². The summed E-state index contributed by atoms with van der Waals surface area (Å²) in [6, 6.07) is 0. The fourth-order valence-electron chi connectivity index (χ4n) is 4.89. The Labute approximate surface area is 119 Å². The SMILES string of the molecule is CC(C)(C=O)C1(C2CCCCCC2)CCCCCC1. The van der Waals surface area contributed by atoms with E-state index in [9.17, 15) is 4.79 Å². The third-order valence-electron chi connectivity index (χ3n) is 6.21. The van der Waals surface area contributed by atoms with Gasteiger partial charge in [-0.15, -0.1) is 0 Å². The first-order valence-electron chi connectivity index (χ1n) is 8.59. The Balaban J connectivity index is 2.28. The van der Waals surface area contributed by atoms with Gasteiger partial charge in [0.1, 0.15) is 6.29 Å². The molecule has 0 heterocycles. The van der Waals surface area contributed by atoms with Crippen LogP contribution >= 0.6 is 0 Å². The summed E-state index contributed by atoms with van der Waals surface area (Å²) < 4.78 is 0. The Morgan fingerprint density at radius 1 is 0.842 bits per heavy atom. The smallest absolute Gasteiger partial charge is 0.126 e. The Morgan fingerprint density at radius 3 is 1.79 bits per heavy atom. The van der Waals surface area contributed by atoms with Crippen molar-refractivity contribution in [3.8, 4) is 0 Å². The van der Waals surface area contributed by atoms with E-state index in [1.165, 1.54) is 83.3 Å². The van der Waals surface area contributed by atoms with Crippen molar-refractivity contribution >= 4 is 6.29 Å². The lowest BCUT2D eigenvalue weighted by Gasteiger charge is -2.49. The zero-order valence-electron chi connectivity index (χ0n) is 13.0. The summed E-state index contributed by atoms with van der Waals surface area (Å²) in [6.45, 7) is 4.44. The van der Waals surface area contributed by atoms with E-state index in [1.54, 1.807) is 0 Å². The summed E-state index contributed by atoms with van der Waals surface area (Å²) in [5.74, 6) is 0.799. The molecular weight excluding hydrogens is 232 g/mol. The monoisotopic (exact) mass is 264 g/mol. The molecule has 19 heavy (non-hydrogen) atoms. The molecule has 1 nitrogen and oxygen atoms in total.